The van der Waals surface area contributed by atoms with Crippen molar-refractivity contribution in [1.29, 1.82) is 0 Å². The van der Waals surface area contributed by atoms with Gasteiger partial charge in [0.2, 0.25) is 0 Å². The summed E-state index contributed by atoms with van der Waals surface area (Å²) in [6.07, 6.45) is 0. The van der Waals surface area contributed by atoms with Crippen molar-refractivity contribution < 1.29 is 9.47 Å². The van der Waals surface area contributed by atoms with E-state index in [1.54, 1.807) is 14.2 Å². The Morgan fingerprint density at radius 2 is 1.80 bits per heavy atom. The summed E-state index contributed by atoms with van der Waals surface area (Å²) in [6, 6.07) is 0.0885. The van der Waals surface area contributed by atoms with Crippen molar-refractivity contribution in [2.45, 2.75) is 19.9 Å². The quantitative estimate of drug-likeness (QED) is 0.614. The second-order valence-electron chi connectivity index (χ2n) is 4.36. The van der Waals surface area contributed by atoms with E-state index in [2.05, 4.69) is 18.7 Å². The maximum absolute atomic E-state index is 5.93. The second-order valence-corrected chi connectivity index (χ2v) is 4.36. The van der Waals surface area contributed by atoms with Crippen LogP contribution in [0.3, 0.4) is 0 Å². The van der Waals surface area contributed by atoms with Gasteiger partial charge in [-0.2, -0.15) is 0 Å². The van der Waals surface area contributed by atoms with Gasteiger partial charge in [0.25, 0.3) is 0 Å². The first-order valence-corrected chi connectivity index (χ1v) is 5.56. The zero-order valence-corrected chi connectivity index (χ0v) is 10.5. The molecule has 0 spiro atoms. The number of rotatable bonds is 9. The molecule has 2 N–H and O–H groups in total. The van der Waals surface area contributed by atoms with Crippen molar-refractivity contribution in [3.8, 4) is 0 Å². The van der Waals surface area contributed by atoms with Gasteiger partial charge in [-0.05, 0) is 5.92 Å². The third kappa shape index (κ3) is 8.81. The summed E-state index contributed by atoms with van der Waals surface area (Å²) in [6.45, 7) is 8.65. The summed E-state index contributed by atoms with van der Waals surface area (Å²) in [5.41, 5.74) is 5.93. The molecule has 0 saturated carbocycles. The smallest absolute Gasteiger partial charge is 0.0626 e. The third-order valence-corrected chi connectivity index (χ3v) is 2.11. The molecule has 0 bridgehead atoms. The molecule has 0 radical (unpaired) electrons. The van der Waals surface area contributed by atoms with Crippen molar-refractivity contribution in [2.24, 2.45) is 11.7 Å². The van der Waals surface area contributed by atoms with Gasteiger partial charge in [0.1, 0.15) is 0 Å². The van der Waals surface area contributed by atoms with E-state index in [1.165, 1.54) is 0 Å². The van der Waals surface area contributed by atoms with Crippen LogP contribution in [0.1, 0.15) is 13.8 Å². The third-order valence-electron chi connectivity index (χ3n) is 2.11. The van der Waals surface area contributed by atoms with Gasteiger partial charge in [0.15, 0.2) is 0 Å². The second kappa shape index (κ2) is 9.09. The average molecular weight is 218 g/mol. The highest BCUT2D eigenvalue weighted by Crippen LogP contribution is 1.99. The maximum Gasteiger partial charge on any atom is 0.0626 e. The minimum atomic E-state index is 0.0885. The van der Waals surface area contributed by atoms with Crippen LogP contribution in [0.2, 0.25) is 0 Å². The first kappa shape index (κ1) is 14.8. The normalized spacial score (nSPS) is 13.8. The molecule has 1 atom stereocenters. The molecule has 0 fully saturated rings. The Morgan fingerprint density at radius 3 is 2.27 bits per heavy atom. The summed E-state index contributed by atoms with van der Waals surface area (Å²) in [7, 11) is 3.41. The Kier molecular flexibility index (Phi) is 9.00. The fourth-order valence-electron chi connectivity index (χ4n) is 1.59. The van der Waals surface area contributed by atoms with Crippen LogP contribution in [-0.2, 0) is 9.47 Å². The molecule has 0 amide bonds. The zero-order valence-electron chi connectivity index (χ0n) is 10.5. The lowest BCUT2D eigenvalue weighted by atomic mass is 10.2. The standard InChI is InChI=1S/C11H26N2O2/c1-10(2)7-13(5-6-14-3)8-11(12)9-15-4/h10-11H,5-9,12H2,1-4H3. The molecule has 0 aromatic rings. The Morgan fingerprint density at radius 1 is 1.13 bits per heavy atom. The highest BCUT2D eigenvalue weighted by Gasteiger charge is 2.11. The molecule has 4 heteroatoms. The molecule has 0 aliphatic heterocycles. The molecule has 4 nitrogen and oxygen atoms in total. The van der Waals surface area contributed by atoms with Gasteiger partial charge in [-0.25, -0.2) is 0 Å². The highest BCUT2D eigenvalue weighted by molar-refractivity contribution is 4.69. The van der Waals surface area contributed by atoms with Gasteiger partial charge in [0, 0.05) is 39.9 Å². The Bertz CT molecular complexity index is 143. The van der Waals surface area contributed by atoms with Crippen LogP contribution in [0.5, 0.6) is 0 Å². The number of methoxy groups -OCH3 is 2. The predicted octanol–water partition coefficient (Wildman–Crippen LogP) is 0.565. The van der Waals surface area contributed by atoms with Gasteiger partial charge in [-0.1, -0.05) is 13.8 Å². The average Bonchev–Trinajstić information content (AvgIpc) is 2.13. The van der Waals surface area contributed by atoms with Gasteiger partial charge < -0.3 is 15.2 Å². The topological polar surface area (TPSA) is 47.7 Å². The number of nitrogens with two attached hydrogens (primary N) is 1. The molecule has 0 aromatic carbocycles. The van der Waals surface area contributed by atoms with E-state index in [9.17, 15) is 0 Å². The van der Waals surface area contributed by atoms with Crippen LogP contribution in [0.15, 0.2) is 0 Å². The monoisotopic (exact) mass is 218 g/mol. The van der Waals surface area contributed by atoms with E-state index in [1.807, 2.05) is 0 Å². The molecule has 0 aliphatic carbocycles. The van der Waals surface area contributed by atoms with Crippen molar-refractivity contribution in [3.63, 3.8) is 0 Å². The minimum absolute atomic E-state index is 0.0885. The number of hydrogen-bond donors (Lipinski definition) is 1. The number of nitrogens with zero attached hydrogens (tertiary/aromatic N) is 1. The molecule has 0 aromatic heterocycles. The molecule has 1 unspecified atom stereocenters. The Balaban J connectivity index is 3.87. The van der Waals surface area contributed by atoms with Crippen LogP contribution in [0.25, 0.3) is 0 Å². The number of hydrogen-bond acceptors (Lipinski definition) is 4. The first-order valence-electron chi connectivity index (χ1n) is 5.56. The summed E-state index contributed by atoms with van der Waals surface area (Å²) < 4.78 is 10.1. The molecular formula is C11H26N2O2. The fourth-order valence-corrected chi connectivity index (χ4v) is 1.59. The fraction of sp³-hybridized carbons (Fsp3) is 1.00. The SMILES string of the molecule is COCCN(CC(C)C)CC(N)COC. The van der Waals surface area contributed by atoms with Crippen molar-refractivity contribution in [2.75, 3.05) is 47.1 Å². The lowest BCUT2D eigenvalue weighted by Crippen LogP contribution is -2.43. The van der Waals surface area contributed by atoms with Gasteiger partial charge in [-0.15, -0.1) is 0 Å². The van der Waals surface area contributed by atoms with Crippen LogP contribution < -0.4 is 5.73 Å². The van der Waals surface area contributed by atoms with Crippen molar-refractivity contribution >= 4 is 0 Å². The summed E-state index contributed by atoms with van der Waals surface area (Å²) in [4.78, 5) is 2.33. The lowest BCUT2D eigenvalue weighted by Gasteiger charge is -2.26. The highest BCUT2D eigenvalue weighted by atomic mass is 16.5. The van der Waals surface area contributed by atoms with E-state index >= 15 is 0 Å². The van der Waals surface area contributed by atoms with Gasteiger partial charge >= 0.3 is 0 Å². The van der Waals surface area contributed by atoms with E-state index in [0.717, 1.165) is 26.2 Å². The molecule has 15 heavy (non-hydrogen) atoms. The van der Waals surface area contributed by atoms with E-state index in [-0.39, 0.29) is 6.04 Å². The Hall–Kier alpha value is -0.160. The van der Waals surface area contributed by atoms with Gasteiger partial charge in [-0.3, -0.25) is 4.90 Å². The largest absolute Gasteiger partial charge is 0.383 e. The van der Waals surface area contributed by atoms with Gasteiger partial charge in [0.05, 0.1) is 13.2 Å². The van der Waals surface area contributed by atoms with Crippen molar-refractivity contribution in [1.82, 2.24) is 4.90 Å². The molecule has 0 aliphatic rings. The zero-order chi connectivity index (χ0) is 11.7. The van der Waals surface area contributed by atoms with Crippen LogP contribution in [-0.4, -0.2) is 58.0 Å². The predicted molar refractivity (Wildman–Crippen MR) is 63.0 cm³/mol. The summed E-state index contributed by atoms with van der Waals surface area (Å²) >= 11 is 0. The molecular weight excluding hydrogens is 192 g/mol. The first-order chi connectivity index (χ1) is 7.10. The molecule has 0 saturated heterocycles. The van der Waals surface area contributed by atoms with Crippen LogP contribution >= 0.6 is 0 Å². The Labute approximate surface area is 93.7 Å². The minimum Gasteiger partial charge on any atom is -0.383 e. The van der Waals surface area contributed by atoms with Crippen LogP contribution in [0.4, 0.5) is 0 Å². The molecule has 0 heterocycles. The summed E-state index contributed by atoms with van der Waals surface area (Å²) in [5.74, 6) is 0.650. The number of ether oxygens (including phenoxy) is 2. The van der Waals surface area contributed by atoms with E-state index in [4.69, 9.17) is 15.2 Å². The van der Waals surface area contributed by atoms with E-state index < -0.39 is 0 Å². The van der Waals surface area contributed by atoms with Crippen molar-refractivity contribution in [3.05, 3.63) is 0 Å². The van der Waals surface area contributed by atoms with Crippen LogP contribution in [0, 0.1) is 5.92 Å². The lowest BCUT2D eigenvalue weighted by molar-refractivity contribution is 0.116. The molecule has 92 valence electrons. The summed E-state index contributed by atoms with van der Waals surface area (Å²) in [5, 5.41) is 0. The van der Waals surface area contributed by atoms with E-state index in [0.29, 0.717) is 12.5 Å². The maximum atomic E-state index is 5.93. The molecule has 0 rings (SSSR count).